The summed E-state index contributed by atoms with van der Waals surface area (Å²) in [6.45, 7) is 1.61. The number of benzene rings is 3. The Morgan fingerprint density at radius 2 is 1.82 bits per heavy atom. The van der Waals surface area contributed by atoms with Gasteiger partial charge in [0.1, 0.15) is 16.5 Å². The van der Waals surface area contributed by atoms with Crippen molar-refractivity contribution in [1.29, 1.82) is 0 Å². The number of carbonyl (C=O) groups is 1. The summed E-state index contributed by atoms with van der Waals surface area (Å²) < 4.78 is 61.2. The number of esters is 1. The molecule has 0 fully saturated rings. The van der Waals surface area contributed by atoms with Crippen molar-refractivity contribution in [3.63, 3.8) is 0 Å². The Balaban J connectivity index is 1.76. The molecule has 0 saturated heterocycles. The van der Waals surface area contributed by atoms with Gasteiger partial charge in [0.25, 0.3) is 0 Å². The number of fused-ring (bicyclic) bond motifs is 1. The quantitative estimate of drug-likeness (QED) is 0.298. The van der Waals surface area contributed by atoms with Crippen molar-refractivity contribution < 1.29 is 31.8 Å². The smallest absolute Gasteiger partial charge is 0.338 e. The molecular formula is C24H17ClF2O5S2. The van der Waals surface area contributed by atoms with Gasteiger partial charge in [-0.25, -0.2) is 22.0 Å². The first-order valence-corrected chi connectivity index (χ1v) is 12.8. The van der Waals surface area contributed by atoms with E-state index in [4.69, 9.17) is 16.3 Å². The van der Waals surface area contributed by atoms with Crippen molar-refractivity contribution in [2.75, 3.05) is 6.61 Å². The van der Waals surface area contributed by atoms with Crippen LogP contribution in [0.3, 0.4) is 0 Å². The van der Waals surface area contributed by atoms with E-state index in [0.29, 0.717) is 10.9 Å². The second-order valence-corrected chi connectivity index (χ2v) is 10.8. The van der Waals surface area contributed by atoms with Crippen molar-refractivity contribution in [1.82, 2.24) is 0 Å². The van der Waals surface area contributed by atoms with Crippen LogP contribution < -0.4 is 0 Å². The largest absolute Gasteiger partial charge is 0.505 e. The van der Waals surface area contributed by atoms with Crippen molar-refractivity contribution in [3.05, 3.63) is 82.4 Å². The summed E-state index contributed by atoms with van der Waals surface area (Å²) in [4.78, 5) is 11.9. The Morgan fingerprint density at radius 1 is 1.09 bits per heavy atom. The summed E-state index contributed by atoms with van der Waals surface area (Å²) in [7, 11) is -4.40. The Bertz CT molecular complexity index is 1500. The van der Waals surface area contributed by atoms with E-state index in [1.165, 1.54) is 11.3 Å². The number of aromatic hydroxyl groups is 1. The third kappa shape index (κ3) is 4.64. The second-order valence-electron chi connectivity index (χ2n) is 7.36. The number of phenols is 1. The number of sulfone groups is 1. The molecule has 3 aromatic carbocycles. The first-order valence-electron chi connectivity index (χ1n) is 10.00. The second kappa shape index (κ2) is 9.32. The molecule has 0 aliphatic rings. The van der Waals surface area contributed by atoms with E-state index in [9.17, 15) is 27.1 Å². The third-order valence-corrected chi connectivity index (χ3v) is 8.16. The van der Waals surface area contributed by atoms with Gasteiger partial charge < -0.3 is 9.84 Å². The van der Waals surface area contributed by atoms with Crippen molar-refractivity contribution in [2.45, 2.75) is 17.6 Å². The third-order valence-electron chi connectivity index (χ3n) is 5.05. The van der Waals surface area contributed by atoms with E-state index in [1.54, 1.807) is 13.0 Å². The van der Waals surface area contributed by atoms with Crippen molar-refractivity contribution in [3.8, 4) is 16.2 Å². The normalized spacial score (nSPS) is 11.6. The molecule has 0 spiro atoms. The monoisotopic (exact) mass is 522 g/mol. The minimum Gasteiger partial charge on any atom is -0.505 e. The molecule has 4 aromatic rings. The Kier molecular flexibility index (Phi) is 6.62. The van der Waals surface area contributed by atoms with Crippen LogP contribution in [0.4, 0.5) is 8.78 Å². The van der Waals surface area contributed by atoms with Gasteiger partial charge in [-0.2, -0.15) is 0 Å². The van der Waals surface area contributed by atoms with Gasteiger partial charge in [0.05, 0.1) is 22.9 Å². The molecule has 10 heteroatoms. The topological polar surface area (TPSA) is 80.7 Å². The summed E-state index contributed by atoms with van der Waals surface area (Å²) in [5.41, 5.74) is -0.435. The number of rotatable bonds is 6. The van der Waals surface area contributed by atoms with Crippen LogP contribution in [0.5, 0.6) is 5.75 Å². The molecule has 0 amide bonds. The zero-order valence-electron chi connectivity index (χ0n) is 17.6. The van der Waals surface area contributed by atoms with Crippen molar-refractivity contribution in [2.24, 2.45) is 0 Å². The molecule has 1 N–H and O–H groups in total. The molecule has 5 nitrogen and oxygen atoms in total. The van der Waals surface area contributed by atoms with E-state index >= 15 is 0 Å². The molecule has 0 saturated carbocycles. The first-order chi connectivity index (χ1) is 16.1. The molecule has 0 atom stereocenters. The number of ether oxygens (including phenoxy) is 1. The van der Waals surface area contributed by atoms with E-state index < -0.39 is 43.8 Å². The maximum Gasteiger partial charge on any atom is 0.338 e. The van der Waals surface area contributed by atoms with Crippen LogP contribution in [0.2, 0.25) is 5.02 Å². The minimum absolute atomic E-state index is 0.0424. The Morgan fingerprint density at radius 3 is 2.53 bits per heavy atom. The van der Waals surface area contributed by atoms with Crippen LogP contribution in [0, 0.1) is 11.6 Å². The van der Waals surface area contributed by atoms with Gasteiger partial charge in [0, 0.05) is 26.8 Å². The standard InChI is InChI=1S/C24H17ClF2O5S2/c1-2-32-24(29)14-8-17(25)23(28)22(10-14)34(30,31)12-15-7-16(19(27)11-18(15)26)21-9-13-5-3-4-6-20(13)33-21/h3-11,28H,2,12H2,1H3. The lowest BCUT2D eigenvalue weighted by Gasteiger charge is -2.12. The number of carbonyl (C=O) groups excluding carboxylic acids is 1. The van der Waals surface area contributed by atoms with Gasteiger partial charge in [-0.1, -0.05) is 29.8 Å². The minimum atomic E-state index is -4.40. The lowest BCUT2D eigenvalue weighted by Crippen LogP contribution is -2.11. The highest BCUT2D eigenvalue weighted by atomic mass is 35.5. The molecule has 1 aromatic heterocycles. The molecular weight excluding hydrogens is 506 g/mol. The molecule has 0 aliphatic heterocycles. The zero-order valence-corrected chi connectivity index (χ0v) is 20.0. The lowest BCUT2D eigenvalue weighted by molar-refractivity contribution is 0.0526. The highest BCUT2D eigenvalue weighted by Gasteiger charge is 2.26. The summed E-state index contributed by atoms with van der Waals surface area (Å²) >= 11 is 7.21. The lowest BCUT2D eigenvalue weighted by atomic mass is 10.1. The summed E-state index contributed by atoms with van der Waals surface area (Å²) in [5.74, 6) is -4.39. The Labute approximate surface area is 203 Å². The van der Waals surface area contributed by atoms with E-state index in [2.05, 4.69) is 0 Å². The number of hydrogen-bond acceptors (Lipinski definition) is 6. The number of thiophene rings is 1. The van der Waals surface area contributed by atoms with Gasteiger partial charge in [-0.05, 0) is 42.6 Å². The SMILES string of the molecule is CCOC(=O)c1cc(Cl)c(O)c(S(=O)(=O)Cc2cc(-c3cc4ccccc4s3)c(F)cc2F)c1. The summed E-state index contributed by atoms with van der Waals surface area (Å²) in [6.07, 6.45) is 0. The fourth-order valence-electron chi connectivity index (χ4n) is 3.43. The fraction of sp³-hybridized carbons (Fsp3) is 0.125. The highest BCUT2D eigenvalue weighted by molar-refractivity contribution is 7.90. The Hall–Kier alpha value is -3.01. The van der Waals surface area contributed by atoms with Crippen LogP contribution in [-0.2, 0) is 20.3 Å². The summed E-state index contributed by atoms with van der Waals surface area (Å²) in [6, 6.07) is 12.9. The van der Waals surface area contributed by atoms with Gasteiger partial charge in [0.2, 0.25) is 0 Å². The predicted octanol–water partition coefficient (Wildman–Crippen LogP) is 6.36. The molecule has 4 rings (SSSR count). The summed E-state index contributed by atoms with van der Waals surface area (Å²) in [5, 5.41) is 10.7. The molecule has 0 radical (unpaired) electrons. The number of hydrogen-bond donors (Lipinski definition) is 1. The van der Waals surface area contributed by atoms with Crippen LogP contribution in [0.15, 0.2) is 59.5 Å². The van der Waals surface area contributed by atoms with Gasteiger partial charge in [-0.3, -0.25) is 0 Å². The van der Waals surface area contributed by atoms with Crippen LogP contribution >= 0.6 is 22.9 Å². The van der Waals surface area contributed by atoms with E-state index in [1.807, 2.05) is 24.3 Å². The predicted molar refractivity (Wildman–Crippen MR) is 127 cm³/mol. The average molecular weight is 523 g/mol. The molecule has 0 aliphatic carbocycles. The van der Waals surface area contributed by atoms with Crippen LogP contribution in [0.1, 0.15) is 22.8 Å². The molecule has 176 valence electrons. The van der Waals surface area contributed by atoms with E-state index in [-0.39, 0.29) is 28.3 Å². The zero-order chi connectivity index (χ0) is 24.6. The molecule has 0 unspecified atom stereocenters. The fourth-order valence-corrected chi connectivity index (χ4v) is 6.29. The van der Waals surface area contributed by atoms with Gasteiger partial charge >= 0.3 is 5.97 Å². The number of halogens is 3. The first kappa shape index (κ1) is 24.1. The van der Waals surface area contributed by atoms with E-state index in [0.717, 1.165) is 28.3 Å². The molecule has 34 heavy (non-hydrogen) atoms. The maximum atomic E-state index is 14.6. The van der Waals surface area contributed by atoms with Gasteiger partial charge in [-0.15, -0.1) is 11.3 Å². The van der Waals surface area contributed by atoms with Crippen LogP contribution in [-0.4, -0.2) is 26.1 Å². The molecule has 1 heterocycles. The van der Waals surface area contributed by atoms with Crippen molar-refractivity contribution >= 4 is 48.8 Å². The van der Waals surface area contributed by atoms with Crippen LogP contribution in [0.25, 0.3) is 20.5 Å². The average Bonchev–Trinajstić information content (AvgIpc) is 3.21. The maximum absolute atomic E-state index is 14.6. The highest BCUT2D eigenvalue weighted by Crippen LogP contribution is 2.38. The molecule has 0 bridgehead atoms. The number of phenolic OH excluding ortho intramolecular Hbond substituents is 1. The van der Waals surface area contributed by atoms with Gasteiger partial charge in [0.15, 0.2) is 15.6 Å².